The molecule has 0 unspecified atom stereocenters. The van der Waals surface area contributed by atoms with Gasteiger partial charge in [-0.1, -0.05) is 108 Å². The van der Waals surface area contributed by atoms with Crippen LogP contribution in [-0.4, -0.2) is 109 Å². The number of amides is 6. The zero-order valence-corrected chi connectivity index (χ0v) is 45.8. The number of aryl methyl sites for hydroxylation is 2. The predicted molar refractivity (Wildman–Crippen MR) is 289 cm³/mol. The Bertz CT molecular complexity index is 2570. The van der Waals surface area contributed by atoms with Crippen LogP contribution in [-0.2, 0) is 41.6 Å². The lowest BCUT2D eigenvalue weighted by molar-refractivity contribution is -0.144. The van der Waals surface area contributed by atoms with Crippen molar-refractivity contribution in [3.8, 4) is 0 Å². The zero-order chi connectivity index (χ0) is 54.8. The van der Waals surface area contributed by atoms with E-state index in [9.17, 15) is 38.4 Å². The van der Waals surface area contributed by atoms with Crippen molar-refractivity contribution >= 4 is 47.0 Å². The number of fused-ring (bicyclic) bond motifs is 2. The van der Waals surface area contributed by atoms with E-state index in [0.717, 1.165) is 55.2 Å². The van der Waals surface area contributed by atoms with E-state index in [1.54, 1.807) is 52.2 Å². The molecule has 6 rings (SSSR count). The topological polar surface area (TPSA) is 224 Å². The van der Waals surface area contributed by atoms with Crippen molar-refractivity contribution in [2.75, 3.05) is 20.6 Å². The molecule has 0 saturated carbocycles. The summed E-state index contributed by atoms with van der Waals surface area (Å²) in [5, 5.41) is 21.0. The molecule has 3 aromatic rings. The fraction of sp³-hybridized carbons (Fsp3) is 0.559. The van der Waals surface area contributed by atoms with Crippen LogP contribution in [0.25, 0.3) is 0 Å². The van der Waals surface area contributed by atoms with Crippen molar-refractivity contribution in [3.05, 3.63) is 106 Å². The smallest absolute Gasteiger partial charge is 0.246 e. The lowest BCUT2D eigenvalue weighted by Crippen LogP contribution is -2.59. The van der Waals surface area contributed by atoms with Gasteiger partial charge in [0.15, 0.2) is 11.6 Å². The number of hydrogen-bond acceptors (Lipinski definition) is 10. The Morgan fingerprint density at radius 3 is 1.68 bits per heavy atom. The average Bonchev–Trinajstić information content (AvgIpc) is 3.81. The van der Waals surface area contributed by atoms with Gasteiger partial charge in [0.1, 0.15) is 24.2 Å². The van der Waals surface area contributed by atoms with E-state index in [1.807, 2.05) is 77.9 Å². The number of benzene rings is 3. The van der Waals surface area contributed by atoms with Crippen molar-refractivity contribution in [1.82, 2.24) is 42.1 Å². The third-order valence-electron chi connectivity index (χ3n) is 15.3. The highest BCUT2D eigenvalue weighted by atomic mass is 16.2. The number of ketones is 2. The van der Waals surface area contributed by atoms with Gasteiger partial charge in [0.25, 0.3) is 0 Å². The van der Waals surface area contributed by atoms with E-state index in [0.29, 0.717) is 11.1 Å². The molecule has 0 spiro atoms. The molecule has 3 aromatic carbocycles. The lowest BCUT2D eigenvalue weighted by Gasteiger charge is -2.36. The predicted octanol–water partition coefficient (Wildman–Crippen LogP) is 5.98. The van der Waals surface area contributed by atoms with Gasteiger partial charge in [0, 0.05) is 30.5 Å². The van der Waals surface area contributed by atoms with Crippen molar-refractivity contribution in [1.29, 1.82) is 0 Å². The number of likely N-dealkylation sites (N-methyl/N-ethyl adjacent to an activating group) is 2. The van der Waals surface area contributed by atoms with Crippen LogP contribution in [0.3, 0.4) is 0 Å². The van der Waals surface area contributed by atoms with Crippen LogP contribution in [0.15, 0.2) is 72.8 Å². The highest BCUT2D eigenvalue weighted by molar-refractivity contribution is 6.02. The molecular formula is C59H82N8O8. The van der Waals surface area contributed by atoms with Crippen molar-refractivity contribution < 1.29 is 38.4 Å². The summed E-state index contributed by atoms with van der Waals surface area (Å²) in [5.74, 6) is -3.23. The summed E-state index contributed by atoms with van der Waals surface area (Å²) < 4.78 is 0. The van der Waals surface area contributed by atoms with Crippen molar-refractivity contribution in [3.63, 3.8) is 0 Å². The van der Waals surface area contributed by atoms with Crippen LogP contribution in [0.4, 0.5) is 0 Å². The first-order valence-electron chi connectivity index (χ1n) is 27.0. The Morgan fingerprint density at radius 2 is 1.13 bits per heavy atom. The fourth-order valence-corrected chi connectivity index (χ4v) is 10.6. The molecule has 0 radical (unpaired) electrons. The van der Waals surface area contributed by atoms with Crippen LogP contribution in [0.5, 0.6) is 0 Å². The van der Waals surface area contributed by atoms with Crippen LogP contribution in [0, 0.1) is 16.7 Å². The number of likely N-dealkylation sites (tertiary alicyclic amines) is 1. The molecule has 1 heterocycles. The molecule has 7 N–H and O–H groups in total. The van der Waals surface area contributed by atoms with E-state index in [1.165, 1.54) is 10.5 Å². The summed E-state index contributed by atoms with van der Waals surface area (Å²) in [6, 6.07) is 17.1. The summed E-state index contributed by atoms with van der Waals surface area (Å²) in [6.45, 7) is 14.6. The molecule has 3 aliphatic rings. The van der Waals surface area contributed by atoms with Gasteiger partial charge >= 0.3 is 0 Å². The zero-order valence-electron chi connectivity index (χ0n) is 45.8. The number of carbonyl (C=O) groups is 8. The number of Topliss-reactive ketones (excluding diaryl/α,β-unsaturated/α-hetero) is 2. The highest BCUT2D eigenvalue weighted by Gasteiger charge is 2.46. The minimum absolute atomic E-state index is 0.00659. The number of hydrogen-bond donors (Lipinski definition) is 7. The Balaban J connectivity index is 1.16. The summed E-state index contributed by atoms with van der Waals surface area (Å²) in [6.07, 6.45) is 5.70. The van der Waals surface area contributed by atoms with Gasteiger partial charge in [0.2, 0.25) is 35.4 Å². The Hall–Kier alpha value is -6.26. The van der Waals surface area contributed by atoms with Crippen LogP contribution >= 0.6 is 0 Å². The largest absolute Gasteiger partial charge is 0.348 e. The van der Waals surface area contributed by atoms with E-state index < -0.39 is 64.8 Å². The Kier molecular flexibility index (Phi) is 19.7. The average molecular weight is 1030 g/mol. The standard InChI is InChI=1S/C59H82N8O8/c1-35(60-9)52(70)65-50(58(3,4)5)56(74)64-46(54(72)62-44-27-16-21-38-19-11-13-25-42(38)44)29-18-30-48(68)40-23-15-24-41(33-40)49(69)32-37-31-47(55(73)63-45-28-17-22-39-20-12-14-26-43(39)45)67(34-37)57(75)51(59(6,7)8)66-53(71)36(2)61-10/h11-15,19-20,23-26,33,35-37,44-47,50-51,60-61H,16-18,21-22,27-32,34H2,1-10H3,(H,62,72)(H,63,73)(H,64,74)(H,65,70)(H,66,71)/t35-,36-,37+,44+,45+,46-,47-,50+,51+/m0/s1. The van der Waals surface area contributed by atoms with Crippen molar-refractivity contribution in [2.24, 2.45) is 16.7 Å². The van der Waals surface area contributed by atoms with Gasteiger partial charge in [-0.25, -0.2) is 0 Å². The van der Waals surface area contributed by atoms with Gasteiger partial charge in [-0.3, -0.25) is 38.4 Å². The first-order chi connectivity index (χ1) is 35.5. The first kappa shape index (κ1) is 58.0. The Morgan fingerprint density at radius 1 is 0.613 bits per heavy atom. The van der Waals surface area contributed by atoms with Crippen molar-refractivity contribution in [2.45, 2.75) is 174 Å². The highest BCUT2D eigenvalue weighted by Crippen LogP contribution is 2.35. The minimum atomic E-state index is -1.02. The van der Waals surface area contributed by atoms with E-state index in [2.05, 4.69) is 49.4 Å². The maximum absolute atomic E-state index is 14.7. The van der Waals surface area contributed by atoms with Crippen LogP contribution in [0.1, 0.15) is 168 Å². The molecule has 6 amide bonds. The summed E-state index contributed by atoms with van der Waals surface area (Å²) in [7, 11) is 3.32. The monoisotopic (exact) mass is 1030 g/mol. The third-order valence-corrected chi connectivity index (χ3v) is 15.3. The molecule has 406 valence electrons. The minimum Gasteiger partial charge on any atom is -0.348 e. The van der Waals surface area contributed by atoms with Gasteiger partial charge in [-0.05, 0) is 131 Å². The second-order valence-electron chi connectivity index (χ2n) is 23.1. The SMILES string of the molecule is CN[C@@H](C)C(=O)N[C@H](C(=O)N[C@@H](CCCC(=O)c1cccc(C(=O)C[C@H]2C[C@@H](C(=O)N[C@@H]3CCCc4ccccc43)N(C(=O)[C@@H](NC(=O)[C@H](C)NC)C(C)(C)C)C2)c1)C(=O)N[C@@H]1CCCc2ccccc21)C(C)(C)C. The number of rotatable bonds is 21. The quantitative estimate of drug-likeness (QED) is 0.0619. The molecule has 16 heteroatoms. The molecular weight excluding hydrogens is 949 g/mol. The maximum atomic E-state index is 14.7. The molecule has 2 aliphatic carbocycles. The van der Waals surface area contributed by atoms with E-state index >= 15 is 0 Å². The fourth-order valence-electron chi connectivity index (χ4n) is 10.6. The normalized spacial score (nSPS) is 20.4. The second-order valence-corrected chi connectivity index (χ2v) is 23.1. The Labute approximate surface area is 443 Å². The van der Waals surface area contributed by atoms with Gasteiger partial charge in [-0.2, -0.15) is 0 Å². The second kappa shape index (κ2) is 25.5. The van der Waals surface area contributed by atoms with Gasteiger partial charge in [-0.15, -0.1) is 0 Å². The number of carbonyl (C=O) groups excluding carboxylic acids is 8. The molecule has 16 nitrogen and oxygen atoms in total. The summed E-state index contributed by atoms with van der Waals surface area (Å²) >= 11 is 0. The third kappa shape index (κ3) is 15.0. The molecule has 0 bridgehead atoms. The van der Waals surface area contributed by atoms with E-state index in [-0.39, 0.29) is 85.9 Å². The lowest BCUT2D eigenvalue weighted by atomic mass is 9.85. The summed E-state index contributed by atoms with van der Waals surface area (Å²) in [4.78, 5) is 113. The van der Waals surface area contributed by atoms with Gasteiger partial charge in [0.05, 0.1) is 24.2 Å². The molecule has 75 heavy (non-hydrogen) atoms. The number of nitrogens with one attached hydrogen (secondary N) is 7. The number of nitrogens with zero attached hydrogens (tertiary/aromatic N) is 1. The first-order valence-corrected chi connectivity index (χ1v) is 27.0. The molecule has 1 saturated heterocycles. The van der Waals surface area contributed by atoms with E-state index in [4.69, 9.17) is 0 Å². The molecule has 9 atom stereocenters. The molecule has 0 aromatic heterocycles. The van der Waals surface area contributed by atoms with Gasteiger partial charge < -0.3 is 42.1 Å². The van der Waals surface area contributed by atoms with Crippen LogP contribution < -0.4 is 37.2 Å². The van der Waals surface area contributed by atoms with Crippen LogP contribution in [0.2, 0.25) is 0 Å². The molecule has 1 fully saturated rings. The summed E-state index contributed by atoms with van der Waals surface area (Å²) in [5.41, 5.74) is 3.63. The maximum Gasteiger partial charge on any atom is 0.246 e. The molecule has 1 aliphatic heterocycles.